The Morgan fingerprint density at radius 3 is 2.44 bits per heavy atom. The zero-order valence-electron chi connectivity index (χ0n) is 7.89. The Kier molecular flexibility index (Phi) is 3.98. The Hall–Kier alpha value is -1.01. The number of halogens is 5. The van der Waals surface area contributed by atoms with Crippen LogP contribution in [-0.4, -0.2) is 13.0 Å². The molecule has 0 saturated carbocycles. The average molecular weight is 258 g/mol. The van der Waals surface area contributed by atoms with Gasteiger partial charge in [0.25, 0.3) is 0 Å². The van der Waals surface area contributed by atoms with Crippen molar-refractivity contribution in [2.75, 3.05) is 6.67 Å². The van der Waals surface area contributed by atoms with E-state index in [-0.39, 0.29) is 5.02 Å². The van der Waals surface area contributed by atoms with Gasteiger partial charge in [-0.1, -0.05) is 17.7 Å². The first kappa shape index (κ1) is 13.1. The van der Waals surface area contributed by atoms with Crippen molar-refractivity contribution >= 4 is 11.6 Å². The molecule has 0 fully saturated rings. The Labute approximate surface area is 93.9 Å². The minimum absolute atomic E-state index is 0.265. The van der Waals surface area contributed by atoms with Gasteiger partial charge in [-0.3, -0.25) is 0 Å². The molecule has 0 aliphatic heterocycles. The lowest BCUT2D eigenvalue weighted by atomic mass is 10.1. The Morgan fingerprint density at radius 2 is 2.00 bits per heavy atom. The Balaban J connectivity index is 2.92. The van der Waals surface area contributed by atoms with E-state index in [9.17, 15) is 17.6 Å². The molecule has 1 atom stereocenters. The lowest BCUT2D eigenvalue weighted by Gasteiger charge is -2.13. The van der Waals surface area contributed by atoms with Crippen molar-refractivity contribution in [3.05, 3.63) is 28.8 Å². The number of alkyl halides is 4. The van der Waals surface area contributed by atoms with Crippen molar-refractivity contribution in [3.8, 4) is 5.75 Å². The average Bonchev–Trinajstić information content (AvgIpc) is 2.18. The molecule has 2 N–H and O–H groups in total. The van der Waals surface area contributed by atoms with Gasteiger partial charge in [-0.15, -0.1) is 13.2 Å². The summed E-state index contributed by atoms with van der Waals surface area (Å²) in [7, 11) is 0. The molecule has 1 aromatic carbocycles. The van der Waals surface area contributed by atoms with Crippen molar-refractivity contribution in [1.82, 2.24) is 0 Å². The van der Waals surface area contributed by atoms with Crippen LogP contribution >= 0.6 is 11.6 Å². The van der Waals surface area contributed by atoms with E-state index in [1.807, 2.05) is 0 Å². The molecule has 7 heteroatoms. The predicted octanol–water partition coefficient (Wildman–Crippen LogP) is 3.21. The first-order valence-electron chi connectivity index (χ1n) is 4.20. The molecule has 16 heavy (non-hydrogen) atoms. The van der Waals surface area contributed by atoms with E-state index in [1.54, 1.807) is 0 Å². The van der Waals surface area contributed by atoms with Gasteiger partial charge in [-0.2, -0.15) is 0 Å². The summed E-state index contributed by atoms with van der Waals surface area (Å²) in [5.41, 5.74) is 5.65. The summed E-state index contributed by atoms with van der Waals surface area (Å²) in [6.45, 7) is -0.824. The Bertz CT molecular complexity index is 369. The van der Waals surface area contributed by atoms with Crippen LogP contribution in [-0.2, 0) is 0 Å². The molecule has 0 aliphatic carbocycles. The van der Waals surface area contributed by atoms with Gasteiger partial charge in [0.15, 0.2) is 0 Å². The molecule has 1 aromatic rings. The molecule has 0 heterocycles. The third-order valence-corrected chi connectivity index (χ3v) is 2.07. The van der Waals surface area contributed by atoms with Crippen molar-refractivity contribution in [2.45, 2.75) is 12.4 Å². The summed E-state index contributed by atoms with van der Waals surface area (Å²) in [5, 5.41) is -0.265. The lowest BCUT2D eigenvalue weighted by Crippen LogP contribution is -2.18. The molecule has 0 unspecified atom stereocenters. The van der Waals surface area contributed by atoms with E-state index in [4.69, 9.17) is 17.3 Å². The standard InChI is InChI=1S/C9H8ClF4NO/c10-6-3-5(7(15)4-11)1-2-8(6)16-9(12,13)14/h1-3,7H,4,15H2/t7-/m1/s1. The van der Waals surface area contributed by atoms with Crippen LogP contribution in [0.2, 0.25) is 5.02 Å². The molecule has 1 rings (SSSR count). The molecule has 0 amide bonds. The monoisotopic (exact) mass is 257 g/mol. The highest BCUT2D eigenvalue weighted by Gasteiger charge is 2.32. The van der Waals surface area contributed by atoms with E-state index in [0.29, 0.717) is 5.56 Å². The van der Waals surface area contributed by atoms with Gasteiger partial charge in [0.2, 0.25) is 0 Å². The highest BCUT2D eigenvalue weighted by Crippen LogP contribution is 2.31. The maximum absolute atomic E-state index is 12.2. The number of benzene rings is 1. The van der Waals surface area contributed by atoms with Gasteiger partial charge in [0.05, 0.1) is 11.1 Å². The van der Waals surface area contributed by atoms with Gasteiger partial charge < -0.3 is 10.5 Å². The Morgan fingerprint density at radius 1 is 1.38 bits per heavy atom. The summed E-state index contributed by atoms with van der Waals surface area (Å²) in [4.78, 5) is 0. The maximum atomic E-state index is 12.2. The maximum Gasteiger partial charge on any atom is 0.573 e. The molecule has 0 radical (unpaired) electrons. The van der Waals surface area contributed by atoms with Crippen LogP contribution in [0.25, 0.3) is 0 Å². The molecular formula is C9H8ClF4NO. The van der Waals surface area contributed by atoms with E-state index in [1.165, 1.54) is 6.07 Å². The highest BCUT2D eigenvalue weighted by atomic mass is 35.5. The fraction of sp³-hybridized carbons (Fsp3) is 0.333. The molecule has 90 valence electrons. The molecule has 0 aromatic heterocycles. The number of rotatable bonds is 3. The zero-order chi connectivity index (χ0) is 12.3. The second-order valence-electron chi connectivity index (χ2n) is 3.00. The molecular weight excluding hydrogens is 250 g/mol. The van der Waals surface area contributed by atoms with Gasteiger partial charge in [-0.05, 0) is 17.7 Å². The number of hydrogen-bond donors (Lipinski definition) is 1. The van der Waals surface area contributed by atoms with Crippen LogP contribution in [0.15, 0.2) is 18.2 Å². The normalized spacial score (nSPS) is 13.6. The summed E-state index contributed by atoms with van der Waals surface area (Å²) in [5.74, 6) is -0.538. The third-order valence-electron chi connectivity index (χ3n) is 1.78. The summed E-state index contributed by atoms with van der Waals surface area (Å²) < 4.78 is 51.5. The number of hydrogen-bond acceptors (Lipinski definition) is 2. The first-order valence-corrected chi connectivity index (χ1v) is 4.58. The third kappa shape index (κ3) is 3.53. The number of nitrogens with two attached hydrogens (primary N) is 1. The lowest BCUT2D eigenvalue weighted by molar-refractivity contribution is -0.274. The SMILES string of the molecule is N[C@H](CF)c1ccc(OC(F)(F)F)c(Cl)c1. The largest absolute Gasteiger partial charge is 0.573 e. The minimum Gasteiger partial charge on any atom is -0.404 e. The van der Waals surface area contributed by atoms with Gasteiger partial charge in [0.1, 0.15) is 12.4 Å². The highest BCUT2D eigenvalue weighted by molar-refractivity contribution is 6.32. The van der Waals surface area contributed by atoms with Crippen molar-refractivity contribution in [3.63, 3.8) is 0 Å². The second kappa shape index (κ2) is 4.88. The quantitative estimate of drug-likeness (QED) is 0.844. The summed E-state index contributed by atoms with van der Waals surface area (Å²) in [6, 6.07) is 2.47. The smallest absolute Gasteiger partial charge is 0.404 e. The fourth-order valence-electron chi connectivity index (χ4n) is 1.04. The zero-order valence-corrected chi connectivity index (χ0v) is 8.65. The van der Waals surface area contributed by atoms with Crippen LogP contribution in [0.3, 0.4) is 0 Å². The first-order chi connectivity index (χ1) is 7.33. The predicted molar refractivity (Wildman–Crippen MR) is 51.0 cm³/mol. The molecule has 2 nitrogen and oxygen atoms in total. The van der Waals surface area contributed by atoms with Crippen LogP contribution in [0.5, 0.6) is 5.75 Å². The summed E-state index contributed by atoms with van der Waals surface area (Å²) in [6.07, 6.45) is -4.81. The van der Waals surface area contributed by atoms with E-state index < -0.39 is 24.8 Å². The summed E-state index contributed by atoms with van der Waals surface area (Å²) >= 11 is 5.53. The van der Waals surface area contributed by atoms with Crippen LogP contribution < -0.4 is 10.5 Å². The van der Waals surface area contributed by atoms with Gasteiger partial charge in [0, 0.05) is 0 Å². The van der Waals surface area contributed by atoms with E-state index in [2.05, 4.69) is 4.74 Å². The van der Waals surface area contributed by atoms with Gasteiger partial charge in [-0.25, -0.2) is 4.39 Å². The number of ether oxygens (including phenoxy) is 1. The van der Waals surface area contributed by atoms with Crippen molar-refractivity contribution < 1.29 is 22.3 Å². The molecule has 0 spiro atoms. The molecule has 0 aliphatic rings. The second-order valence-corrected chi connectivity index (χ2v) is 3.41. The van der Waals surface area contributed by atoms with Gasteiger partial charge >= 0.3 is 6.36 Å². The molecule has 0 bridgehead atoms. The topological polar surface area (TPSA) is 35.2 Å². The van der Waals surface area contributed by atoms with Crippen LogP contribution in [0.1, 0.15) is 11.6 Å². The van der Waals surface area contributed by atoms with E-state index >= 15 is 0 Å². The van der Waals surface area contributed by atoms with Crippen molar-refractivity contribution in [2.24, 2.45) is 5.73 Å². The van der Waals surface area contributed by atoms with E-state index in [0.717, 1.165) is 12.1 Å². The van der Waals surface area contributed by atoms with Crippen molar-refractivity contribution in [1.29, 1.82) is 0 Å². The van der Waals surface area contributed by atoms with Crippen LogP contribution in [0.4, 0.5) is 17.6 Å². The van der Waals surface area contributed by atoms with Crippen LogP contribution in [0, 0.1) is 0 Å². The minimum atomic E-state index is -4.81. The fourth-order valence-corrected chi connectivity index (χ4v) is 1.27. The molecule has 0 saturated heterocycles.